The van der Waals surface area contributed by atoms with Crippen molar-refractivity contribution in [2.45, 2.75) is 6.92 Å². The van der Waals surface area contributed by atoms with Crippen LogP contribution in [0.3, 0.4) is 0 Å². The zero-order chi connectivity index (χ0) is 10.7. The van der Waals surface area contributed by atoms with Gasteiger partial charge in [-0.1, -0.05) is 12.1 Å². The molecule has 0 spiro atoms. The first-order valence-electron chi connectivity index (χ1n) is 4.73. The van der Waals surface area contributed by atoms with Gasteiger partial charge in [0.1, 0.15) is 12.1 Å². The average molecular weight is 200 g/mol. The van der Waals surface area contributed by atoms with Crippen LogP contribution in [-0.2, 0) is 0 Å². The second-order valence-corrected chi connectivity index (χ2v) is 3.25. The topological polar surface area (TPSA) is 35.0 Å². The van der Waals surface area contributed by atoms with E-state index >= 15 is 0 Å². The Kier molecular flexibility index (Phi) is 2.63. The Morgan fingerprint density at radius 3 is 2.73 bits per heavy atom. The third-order valence-electron chi connectivity index (χ3n) is 2.29. The van der Waals surface area contributed by atoms with Crippen LogP contribution < -0.4 is 4.74 Å². The highest BCUT2D eigenvalue weighted by atomic mass is 16.5. The summed E-state index contributed by atoms with van der Waals surface area (Å²) in [6.45, 7) is 2.04. The van der Waals surface area contributed by atoms with Crippen LogP contribution in [0.2, 0.25) is 0 Å². The predicted octanol–water partition coefficient (Wildman–Crippen LogP) is 2.46. The fourth-order valence-electron chi connectivity index (χ4n) is 1.58. The van der Waals surface area contributed by atoms with Crippen LogP contribution in [0.1, 0.15) is 5.56 Å². The fraction of sp³-hybridized carbons (Fsp3) is 0.167. The molecule has 0 saturated carbocycles. The van der Waals surface area contributed by atoms with Gasteiger partial charge in [-0.05, 0) is 24.6 Å². The van der Waals surface area contributed by atoms with Gasteiger partial charge in [-0.25, -0.2) is 9.97 Å². The van der Waals surface area contributed by atoms with Gasteiger partial charge in [0.25, 0.3) is 0 Å². The highest BCUT2D eigenvalue weighted by molar-refractivity contribution is 5.70. The molecule has 0 aliphatic heterocycles. The van der Waals surface area contributed by atoms with Crippen LogP contribution >= 0.6 is 0 Å². The molecule has 0 amide bonds. The van der Waals surface area contributed by atoms with Crippen molar-refractivity contribution in [3.63, 3.8) is 0 Å². The summed E-state index contributed by atoms with van der Waals surface area (Å²) in [6.07, 6.45) is 3.27. The standard InChI is InChI=1S/C12H12N2O/c1-9-4-3-5-11(15-2)12(9)10-6-7-13-8-14-10/h3-8H,1-2H3. The molecule has 0 N–H and O–H groups in total. The van der Waals surface area contributed by atoms with Crippen molar-refractivity contribution in [1.29, 1.82) is 0 Å². The maximum atomic E-state index is 5.32. The molecule has 2 aromatic rings. The molecule has 0 saturated heterocycles. The highest BCUT2D eigenvalue weighted by Gasteiger charge is 2.08. The molecule has 1 heterocycles. The molecule has 0 radical (unpaired) electrons. The summed E-state index contributed by atoms with van der Waals surface area (Å²) in [4.78, 5) is 8.13. The van der Waals surface area contributed by atoms with Crippen LogP contribution in [0.4, 0.5) is 0 Å². The third kappa shape index (κ3) is 1.81. The Morgan fingerprint density at radius 2 is 2.07 bits per heavy atom. The number of rotatable bonds is 2. The van der Waals surface area contributed by atoms with Crippen LogP contribution in [0.25, 0.3) is 11.3 Å². The van der Waals surface area contributed by atoms with E-state index in [1.54, 1.807) is 19.6 Å². The van der Waals surface area contributed by atoms with Crippen LogP contribution in [0.5, 0.6) is 5.75 Å². The zero-order valence-corrected chi connectivity index (χ0v) is 8.77. The van der Waals surface area contributed by atoms with E-state index < -0.39 is 0 Å². The van der Waals surface area contributed by atoms with Gasteiger partial charge in [-0.15, -0.1) is 0 Å². The fourth-order valence-corrected chi connectivity index (χ4v) is 1.58. The number of ether oxygens (including phenoxy) is 1. The van der Waals surface area contributed by atoms with Gasteiger partial charge in [0, 0.05) is 11.8 Å². The zero-order valence-electron chi connectivity index (χ0n) is 8.77. The van der Waals surface area contributed by atoms with Crippen molar-refractivity contribution in [2.75, 3.05) is 7.11 Å². The molecule has 0 aliphatic carbocycles. The Bertz CT molecular complexity index is 454. The summed E-state index contributed by atoms with van der Waals surface area (Å²) in [5.74, 6) is 0.841. The molecule has 0 atom stereocenters. The molecule has 0 aliphatic rings. The van der Waals surface area contributed by atoms with Crippen LogP contribution in [-0.4, -0.2) is 17.1 Å². The molecule has 1 aromatic carbocycles. The smallest absolute Gasteiger partial charge is 0.128 e. The molecule has 0 unspecified atom stereocenters. The second-order valence-electron chi connectivity index (χ2n) is 3.25. The number of aryl methyl sites for hydroxylation is 1. The third-order valence-corrected chi connectivity index (χ3v) is 2.29. The van der Waals surface area contributed by atoms with Crippen molar-refractivity contribution >= 4 is 0 Å². The van der Waals surface area contributed by atoms with Gasteiger partial charge in [-0.3, -0.25) is 0 Å². The lowest BCUT2D eigenvalue weighted by Crippen LogP contribution is -1.92. The van der Waals surface area contributed by atoms with E-state index in [1.165, 1.54) is 0 Å². The molecule has 1 aromatic heterocycles. The Balaban J connectivity index is 2.61. The van der Waals surface area contributed by atoms with Gasteiger partial charge >= 0.3 is 0 Å². The largest absolute Gasteiger partial charge is 0.496 e. The lowest BCUT2D eigenvalue weighted by atomic mass is 10.0. The molecule has 76 valence electrons. The Hall–Kier alpha value is -1.90. The maximum absolute atomic E-state index is 5.32. The molecule has 3 heteroatoms. The van der Waals surface area contributed by atoms with Crippen molar-refractivity contribution in [3.8, 4) is 17.0 Å². The highest BCUT2D eigenvalue weighted by Crippen LogP contribution is 2.30. The normalized spacial score (nSPS) is 10.0. The molecular weight excluding hydrogens is 188 g/mol. The Labute approximate surface area is 88.8 Å². The van der Waals surface area contributed by atoms with E-state index in [4.69, 9.17) is 4.74 Å². The van der Waals surface area contributed by atoms with E-state index in [0.29, 0.717) is 0 Å². The first kappa shape index (κ1) is 9.65. The van der Waals surface area contributed by atoms with E-state index in [-0.39, 0.29) is 0 Å². The first-order chi connectivity index (χ1) is 7.33. The molecule has 15 heavy (non-hydrogen) atoms. The van der Waals surface area contributed by atoms with Gasteiger partial charge in [0.15, 0.2) is 0 Å². The Morgan fingerprint density at radius 1 is 1.20 bits per heavy atom. The lowest BCUT2D eigenvalue weighted by molar-refractivity contribution is 0.416. The minimum atomic E-state index is 0.841. The van der Waals surface area contributed by atoms with E-state index in [1.807, 2.05) is 31.2 Å². The lowest BCUT2D eigenvalue weighted by Gasteiger charge is -2.10. The number of benzene rings is 1. The average Bonchev–Trinajstić information content (AvgIpc) is 2.29. The monoisotopic (exact) mass is 200 g/mol. The van der Waals surface area contributed by atoms with E-state index in [2.05, 4.69) is 9.97 Å². The number of aromatic nitrogens is 2. The summed E-state index contributed by atoms with van der Waals surface area (Å²) < 4.78 is 5.32. The number of nitrogens with zero attached hydrogens (tertiary/aromatic N) is 2. The maximum Gasteiger partial charge on any atom is 0.128 e. The van der Waals surface area contributed by atoms with Gasteiger partial charge < -0.3 is 4.74 Å². The van der Waals surface area contributed by atoms with Gasteiger partial charge in [-0.2, -0.15) is 0 Å². The van der Waals surface area contributed by atoms with E-state index in [0.717, 1.165) is 22.6 Å². The summed E-state index contributed by atoms with van der Waals surface area (Å²) in [7, 11) is 1.67. The quantitative estimate of drug-likeness (QED) is 0.747. The van der Waals surface area contributed by atoms with Gasteiger partial charge in [0.2, 0.25) is 0 Å². The van der Waals surface area contributed by atoms with Crippen molar-refractivity contribution in [2.24, 2.45) is 0 Å². The molecule has 2 rings (SSSR count). The number of methoxy groups -OCH3 is 1. The van der Waals surface area contributed by atoms with Crippen LogP contribution in [0.15, 0.2) is 36.8 Å². The predicted molar refractivity (Wildman–Crippen MR) is 58.8 cm³/mol. The van der Waals surface area contributed by atoms with Crippen molar-refractivity contribution < 1.29 is 4.74 Å². The number of hydrogen-bond acceptors (Lipinski definition) is 3. The number of hydrogen-bond donors (Lipinski definition) is 0. The van der Waals surface area contributed by atoms with E-state index in [9.17, 15) is 0 Å². The van der Waals surface area contributed by atoms with Crippen molar-refractivity contribution in [1.82, 2.24) is 9.97 Å². The summed E-state index contributed by atoms with van der Waals surface area (Å²) in [5, 5.41) is 0. The summed E-state index contributed by atoms with van der Waals surface area (Å²) >= 11 is 0. The minimum Gasteiger partial charge on any atom is -0.496 e. The first-order valence-corrected chi connectivity index (χ1v) is 4.73. The van der Waals surface area contributed by atoms with Gasteiger partial charge in [0.05, 0.1) is 12.8 Å². The molecule has 0 bridgehead atoms. The van der Waals surface area contributed by atoms with Crippen LogP contribution in [0, 0.1) is 6.92 Å². The minimum absolute atomic E-state index is 0.841. The second kappa shape index (κ2) is 4.09. The summed E-state index contributed by atoms with van der Waals surface area (Å²) in [5.41, 5.74) is 3.07. The van der Waals surface area contributed by atoms with Crippen molar-refractivity contribution in [3.05, 3.63) is 42.4 Å². The summed E-state index contributed by atoms with van der Waals surface area (Å²) in [6, 6.07) is 7.83. The molecular formula is C12H12N2O. The SMILES string of the molecule is COc1cccc(C)c1-c1ccncn1. The molecule has 0 fully saturated rings. The molecule has 3 nitrogen and oxygen atoms in total.